The Bertz CT molecular complexity index is 668. The van der Waals surface area contributed by atoms with Crippen LogP contribution in [0, 0.1) is 6.92 Å². The van der Waals surface area contributed by atoms with Crippen LogP contribution in [0.15, 0.2) is 48.5 Å². The van der Waals surface area contributed by atoms with E-state index in [9.17, 15) is 0 Å². The van der Waals surface area contributed by atoms with Gasteiger partial charge in [-0.1, -0.05) is 48.0 Å². The molecule has 17 heavy (non-hydrogen) atoms. The molecule has 3 aromatic rings. The van der Waals surface area contributed by atoms with Gasteiger partial charge in [0.1, 0.15) is 0 Å². The van der Waals surface area contributed by atoms with E-state index in [0.717, 1.165) is 10.5 Å². The van der Waals surface area contributed by atoms with E-state index in [4.69, 9.17) is 11.6 Å². The molecule has 0 radical (unpaired) electrons. The first-order valence-corrected chi connectivity index (χ1v) is 5.97. The van der Waals surface area contributed by atoms with Gasteiger partial charge in [-0.2, -0.15) is 0 Å². The molecule has 84 valence electrons. The molecular weight excluding hydrogens is 230 g/mol. The highest BCUT2D eigenvalue weighted by molar-refractivity contribution is 6.31. The summed E-state index contributed by atoms with van der Waals surface area (Å²) in [6, 6.07) is 16.4. The van der Waals surface area contributed by atoms with Crippen LogP contribution in [0.4, 0.5) is 0 Å². The summed E-state index contributed by atoms with van der Waals surface area (Å²) in [5.41, 5.74) is 4.76. The molecule has 0 aliphatic carbocycles. The minimum absolute atomic E-state index is 0.762. The van der Waals surface area contributed by atoms with E-state index in [1.165, 1.54) is 22.2 Å². The van der Waals surface area contributed by atoms with Gasteiger partial charge in [-0.05, 0) is 24.6 Å². The molecular formula is C15H12ClN. The molecule has 1 heterocycles. The smallest absolute Gasteiger partial charge is 0.0477 e. The molecule has 0 unspecified atom stereocenters. The number of H-pyrrole nitrogens is 1. The summed E-state index contributed by atoms with van der Waals surface area (Å²) in [4.78, 5) is 3.38. The molecule has 0 saturated heterocycles. The fraction of sp³-hybridized carbons (Fsp3) is 0.0667. The van der Waals surface area contributed by atoms with Gasteiger partial charge in [-0.25, -0.2) is 0 Å². The molecule has 0 saturated carbocycles. The van der Waals surface area contributed by atoms with Crippen LogP contribution in [0.5, 0.6) is 0 Å². The van der Waals surface area contributed by atoms with Crippen LogP contribution in [-0.4, -0.2) is 4.98 Å². The largest absolute Gasteiger partial charge is 0.358 e. The molecule has 0 spiro atoms. The Balaban J connectivity index is 2.33. The molecule has 3 rings (SSSR count). The Hall–Kier alpha value is -1.73. The lowest BCUT2D eigenvalue weighted by atomic mass is 10.0. The van der Waals surface area contributed by atoms with Crippen molar-refractivity contribution in [3.8, 4) is 11.1 Å². The lowest BCUT2D eigenvalue weighted by molar-refractivity contribution is 1.30. The molecule has 0 atom stereocenters. The standard InChI is InChI=1S/C15H12ClN/c1-10-15(11-5-3-2-4-6-11)13-8-7-12(16)9-14(13)17-10/h2-9,17H,1H3. The third-order valence-electron chi connectivity index (χ3n) is 3.01. The van der Waals surface area contributed by atoms with Gasteiger partial charge in [0.15, 0.2) is 0 Å². The van der Waals surface area contributed by atoms with Crippen molar-refractivity contribution >= 4 is 22.5 Å². The lowest BCUT2D eigenvalue weighted by Crippen LogP contribution is -1.78. The van der Waals surface area contributed by atoms with Gasteiger partial charge in [0.25, 0.3) is 0 Å². The van der Waals surface area contributed by atoms with Crippen LogP contribution in [0.1, 0.15) is 5.69 Å². The van der Waals surface area contributed by atoms with Crippen molar-refractivity contribution in [3.63, 3.8) is 0 Å². The van der Waals surface area contributed by atoms with Crippen LogP contribution >= 0.6 is 11.6 Å². The van der Waals surface area contributed by atoms with Gasteiger partial charge in [0.2, 0.25) is 0 Å². The fourth-order valence-electron chi connectivity index (χ4n) is 2.28. The predicted molar refractivity (Wildman–Crippen MR) is 73.5 cm³/mol. The number of nitrogens with one attached hydrogen (secondary N) is 1. The minimum Gasteiger partial charge on any atom is -0.358 e. The third-order valence-corrected chi connectivity index (χ3v) is 3.25. The monoisotopic (exact) mass is 241 g/mol. The van der Waals surface area contributed by atoms with Crippen molar-refractivity contribution in [2.24, 2.45) is 0 Å². The summed E-state index contributed by atoms with van der Waals surface area (Å²) >= 11 is 6.01. The highest BCUT2D eigenvalue weighted by atomic mass is 35.5. The lowest BCUT2D eigenvalue weighted by Gasteiger charge is -2.01. The Kier molecular flexibility index (Phi) is 2.41. The molecule has 0 aliphatic rings. The molecule has 2 aromatic carbocycles. The van der Waals surface area contributed by atoms with Crippen molar-refractivity contribution in [1.82, 2.24) is 4.98 Å². The zero-order valence-corrected chi connectivity index (χ0v) is 10.3. The highest BCUT2D eigenvalue weighted by Crippen LogP contribution is 2.32. The summed E-state index contributed by atoms with van der Waals surface area (Å²) < 4.78 is 0. The van der Waals surface area contributed by atoms with Crippen LogP contribution in [0.2, 0.25) is 5.02 Å². The Morgan fingerprint density at radius 3 is 2.53 bits per heavy atom. The Labute approximate surface area is 105 Å². The van der Waals surface area contributed by atoms with Crippen LogP contribution in [0.25, 0.3) is 22.0 Å². The van der Waals surface area contributed by atoms with E-state index in [1.807, 2.05) is 18.2 Å². The van der Waals surface area contributed by atoms with Gasteiger partial charge in [0.05, 0.1) is 0 Å². The number of aromatic nitrogens is 1. The minimum atomic E-state index is 0.762. The summed E-state index contributed by atoms with van der Waals surface area (Å²) in [5.74, 6) is 0. The molecule has 0 aliphatic heterocycles. The number of aromatic amines is 1. The van der Waals surface area contributed by atoms with E-state index in [2.05, 4.69) is 42.2 Å². The third kappa shape index (κ3) is 1.73. The zero-order chi connectivity index (χ0) is 11.8. The van der Waals surface area contributed by atoms with Crippen molar-refractivity contribution in [3.05, 3.63) is 59.2 Å². The number of rotatable bonds is 1. The first kappa shape index (κ1) is 10.4. The number of hydrogen-bond donors (Lipinski definition) is 1. The maximum Gasteiger partial charge on any atom is 0.0477 e. The van der Waals surface area contributed by atoms with Crippen molar-refractivity contribution in [2.75, 3.05) is 0 Å². The van der Waals surface area contributed by atoms with E-state index >= 15 is 0 Å². The number of fused-ring (bicyclic) bond motifs is 1. The van der Waals surface area contributed by atoms with Gasteiger partial charge < -0.3 is 4.98 Å². The Morgan fingerprint density at radius 2 is 1.76 bits per heavy atom. The van der Waals surface area contributed by atoms with Gasteiger partial charge in [0, 0.05) is 27.2 Å². The molecule has 0 amide bonds. The molecule has 0 bridgehead atoms. The number of halogens is 1. The second-order valence-electron chi connectivity index (χ2n) is 4.18. The van der Waals surface area contributed by atoms with Crippen molar-refractivity contribution in [1.29, 1.82) is 0 Å². The second kappa shape index (κ2) is 3.94. The molecule has 1 aromatic heterocycles. The average molecular weight is 242 g/mol. The molecule has 1 nitrogen and oxygen atoms in total. The van der Waals surface area contributed by atoms with Crippen LogP contribution < -0.4 is 0 Å². The van der Waals surface area contributed by atoms with E-state index in [1.54, 1.807) is 0 Å². The topological polar surface area (TPSA) is 15.8 Å². The summed E-state index contributed by atoms with van der Waals surface area (Å²) in [7, 11) is 0. The molecule has 1 N–H and O–H groups in total. The molecule has 0 fully saturated rings. The van der Waals surface area contributed by atoms with Crippen molar-refractivity contribution < 1.29 is 0 Å². The SMILES string of the molecule is Cc1[nH]c2cc(Cl)ccc2c1-c1ccccc1. The number of hydrogen-bond acceptors (Lipinski definition) is 0. The summed E-state index contributed by atoms with van der Waals surface area (Å²) in [6.45, 7) is 2.09. The first-order valence-electron chi connectivity index (χ1n) is 5.59. The first-order chi connectivity index (χ1) is 8.25. The van der Waals surface area contributed by atoms with E-state index < -0.39 is 0 Å². The molecule has 2 heteroatoms. The van der Waals surface area contributed by atoms with Crippen LogP contribution in [0.3, 0.4) is 0 Å². The van der Waals surface area contributed by atoms with Gasteiger partial charge in [-0.15, -0.1) is 0 Å². The van der Waals surface area contributed by atoms with Crippen LogP contribution in [-0.2, 0) is 0 Å². The maximum absolute atomic E-state index is 6.01. The normalized spacial score (nSPS) is 10.9. The van der Waals surface area contributed by atoms with Gasteiger partial charge in [-0.3, -0.25) is 0 Å². The van der Waals surface area contributed by atoms with Crippen molar-refractivity contribution in [2.45, 2.75) is 6.92 Å². The zero-order valence-electron chi connectivity index (χ0n) is 9.50. The van der Waals surface area contributed by atoms with Gasteiger partial charge >= 0.3 is 0 Å². The quantitative estimate of drug-likeness (QED) is 0.630. The maximum atomic E-state index is 6.01. The predicted octanol–water partition coefficient (Wildman–Crippen LogP) is 4.80. The highest BCUT2D eigenvalue weighted by Gasteiger charge is 2.09. The fourth-order valence-corrected chi connectivity index (χ4v) is 2.45. The van der Waals surface area contributed by atoms with E-state index in [0.29, 0.717) is 0 Å². The average Bonchev–Trinajstić information content (AvgIpc) is 2.65. The number of benzene rings is 2. The Morgan fingerprint density at radius 1 is 1.00 bits per heavy atom. The van der Waals surface area contributed by atoms with E-state index in [-0.39, 0.29) is 0 Å². The number of aryl methyl sites for hydroxylation is 1. The summed E-state index contributed by atoms with van der Waals surface area (Å²) in [6.07, 6.45) is 0. The summed E-state index contributed by atoms with van der Waals surface area (Å²) in [5, 5.41) is 1.98. The second-order valence-corrected chi connectivity index (χ2v) is 4.62.